The van der Waals surface area contributed by atoms with Gasteiger partial charge in [-0.05, 0) is 55.3 Å². The van der Waals surface area contributed by atoms with Crippen LogP contribution in [0.15, 0.2) is 82.6 Å². The average molecular weight is 735 g/mol. The fourth-order valence-corrected chi connectivity index (χ4v) is 7.91. The SMILES string of the molecule is CCCCC1(CCCC)C(=O)[SH]c2cc(OCC(=O)N[C@@H](C(=O)N[C@@H](CCC)C(=O)O)c3ccccc3)c(SC)cc2N(c2ccccc2)C1=O. The van der Waals surface area contributed by atoms with Crippen LogP contribution in [0.25, 0.3) is 0 Å². The summed E-state index contributed by atoms with van der Waals surface area (Å²) in [5.74, 6) is -2.26. The highest BCUT2D eigenvalue weighted by molar-refractivity contribution is 8.14. The summed E-state index contributed by atoms with van der Waals surface area (Å²) in [5, 5.41) is 14.7. The summed E-state index contributed by atoms with van der Waals surface area (Å²) >= 11 is 1.75. The Hall–Kier alpha value is -4.29. The number of ether oxygens (including phenoxy) is 1. The van der Waals surface area contributed by atoms with Crippen molar-refractivity contribution in [1.29, 1.82) is 0 Å². The standard InChI is InChI=1S/C39H48N3O7S2/c1-5-8-21-39(22-9-6-2)37(47)42(27-19-14-11-15-20-27)29-23-32(50-4)30(24-31(29)51-38(39)48)49-25-33(43)41-34(26-17-12-10-13-18-26)35(44)40-28(16-7-3)36(45)46/h10-15,17-20,23-24,28,34,51H,5-9,16,21-22,25H2,1-4H3,(H,40,44)(H,41,43)(H,45,46)/t28-,34+/m0/s1. The Morgan fingerprint density at radius 2 is 1.53 bits per heavy atom. The van der Waals surface area contributed by atoms with Crippen molar-refractivity contribution in [2.24, 2.45) is 5.41 Å². The Morgan fingerprint density at radius 1 is 0.902 bits per heavy atom. The first kappa shape index (κ1) is 39.5. The lowest BCUT2D eigenvalue weighted by Gasteiger charge is -2.34. The minimum atomic E-state index is -1.17. The molecule has 1 aliphatic heterocycles. The molecule has 51 heavy (non-hydrogen) atoms. The molecule has 1 heterocycles. The zero-order valence-corrected chi connectivity index (χ0v) is 31.4. The first-order chi connectivity index (χ1) is 24.6. The van der Waals surface area contributed by atoms with Gasteiger partial charge in [-0.25, -0.2) is 4.79 Å². The zero-order chi connectivity index (χ0) is 37.0. The third-order valence-corrected chi connectivity index (χ3v) is 10.9. The van der Waals surface area contributed by atoms with Crippen LogP contribution in [0.4, 0.5) is 11.4 Å². The zero-order valence-electron chi connectivity index (χ0n) is 29.6. The van der Waals surface area contributed by atoms with Crippen LogP contribution in [-0.2, 0) is 24.0 Å². The molecule has 0 spiro atoms. The van der Waals surface area contributed by atoms with Crippen LogP contribution in [0.1, 0.15) is 83.7 Å². The number of aliphatic carboxylic acids is 1. The quantitative estimate of drug-likeness (QED) is 0.0602. The number of hydrogen-bond acceptors (Lipinski definition) is 7. The second-order valence-corrected chi connectivity index (χ2v) is 14.5. The van der Waals surface area contributed by atoms with Crippen molar-refractivity contribution in [2.75, 3.05) is 17.8 Å². The molecule has 12 heteroatoms. The summed E-state index contributed by atoms with van der Waals surface area (Å²) in [6.07, 6.45) is 6.77. The minimum absolute atomic E-state index is 0.144. The van der Waals surface area contributed by atoms with E-state index in [0.717, 1.165) is 25.7 Å². The molecular formula is C39H48N3O7S2. The summed E-state index contributed by atoms with van der Waals surface area (Å²) < 4.78 is 6.08. The van der Waals surface area contributed by atoms with E-state index in [4.69, 9.17) is 4.74 Å². The predicted octanol–water partition coefficient (Wildman–Crippen LogP) is 7.41. The number of unbranched alkanes of at least 4 members (excludes halogenated alkanes) is 2. The number of rotatable bonds is 18. The third kappa shape index (κ3) is 9.53. The van der Waals surface area contributed by atoms with E-state index < -0.39 is 41.9 Å². The van der Waals surface area contributed by atoms with Gasteiger partial charge < -0.3 is 20.5 Å². The van der Waals surface area contributed by atoms with E-state index in [1.54, 1.807) is 41.3 Å². The number of fused-ring (bicyclic) bond motifs is 1. The molecule has 10 nitrogen and oxygen atoms in total. The van der Waals surface area contributed by atoms with Gasteiger partial charge in [0, 0.05) is 10.6 Å². The van der Waals surface area contributed by atoms with Gasteiger partial charge in [0.15, 0.2) is 11.7 Å². The number of carboxylic acid groups (broad SMARTS) is 1. The van der Waals surface area contributed by atoms with Crippen LogP contribution in [0.3, 0.4) is 0 Å². The predicted molar refractivity (Wildman–Crippen MR) is 203 cm³/mol. The monoisotopic (exact) mass is 734 g/mol. The number of carbonyl (C=O) groups is 5. The van der Waals surface area contributed by atoms with Crippen molar-refractivity contribution in [3.8, 4) is 5.75 Å². The fraction of sp³-hybridized carbons (Fsp3) is 0.410. The van der Waals surface area contributed by atoms with Crippen LogP contribution in [-0.4, -0.2) is 52.8 Å². The third-order valence-electron chi connectivity index (χ3n) is 8.93. The summed E-state index contributed by atoms with van der Waals surface area (Å²) in [6.45, 7) is 5.48. The van der Waals surface area contributed by atoms with Crippen molar-refractivity contribution in [3.63, 3.8) is 0 Å². The summed E-state index contributed by atoms with van der Waals surface area (Å²) in [4.78, 5) is 70.4. The second kappa shape index (κ2) is 18.8. The molecule has 0 aromatic heterocycles. The van der Waals surface area contributed by atoms with E-state index in [0.29, 0.717) is 63.5 Å². The van der Waals surface area contributed by atoms with Crippen molar-refractivity contribution < 1.29 is 33.8 Å². The molecule has 0 bridgehead atoms. The number of para-hydroxylation sites is 1. The highest BCUT2D eigenvalue weighted by Crippen LogP contribution is 2.51. The Balaban J connectivity index is 1.66. The highest BCUT2D eigenvalue weighted by Gasteiger charge is 2.50. The number of nitrogens with one attached hydrogen (secondary N) is 2. The molecule has 0 aliphatic carbocycles. The fourth-order valence-electron chi connectivity index (χ4n) is 6.15. The lowest BCUT2D eigenvalue weighted by molar-refractivity contribution is -0.142. The van der Waals surface area contributed by atoms with Gasteiger partial charge in [0.1, 0.15) is 23.2 Å². The summed E-state index contributed by atoms with van der Waals surface area (Å²) in [7, 11) is 0. The van der Waals surface area contributed by atoms with Gasteiger partial charge in [-0.2, -0.15) is 0 Å². The van der Waals surface area contributed by atoms with E-state index in [-0.39, 0.29) is 17.4 Å². The molecule has 3 N–H and O–H groups in total. The smallest absolute Gasteiger partial charge is 0.326 e. The molecule has 4 rings (SSSR count). The first-order valence-electron chi connectivity index (χ1n) is 17.5. The number of thioether (sulfide) groups is 1. The van der Waals surface area contributed by atoms with Crippen LogP contribution in [0, 0.1) is 5.41 Å². The Bertz CT molecular complexity index is 1680. The van der Waals surface area contributed by atoms with E-state index in [9.17, 15) is 29.1 Å². The lowest BCUT2D eigenvalue weighted by Crippen LogP contribution is -2.47. The van der Waals surface area contributed by atoms with Gasteiger partial charge in [0.2, 0.25) is 11.8 Å². The van der Waals surface area contributed by atoms with Crippen molar-refractivity contribution in [2.45, 2.75) is 94.0 Å². The maximum absolute atomic E-state index is 14.7. The van der Waals surface area contributed by atoms with Gasteiger partial charge in [-0.1, -0.05) is 101 Å². The van der Waals surface area contributed by atoms with Crippen LogP contribution >= 0.6 is 23.5 Å². The molecule has 273 valence electrons. The van der Waals surface area contributed by atoms with Crippen LogP contribution < -0.4 is 20.3 Å². The van der Waals surface area contributed by atoms with Gasteiger partial charge in [-0.15, -0.1) is 23.5 Å². The van der Waals surface area contributed by atoms with Gasteiger partial charge >= 0.3 is 5.97 Å². The molecule has 2 atom stereocenters. The van der Waals surface area contributed by atoms with Crippen LogP contribution in [0.2, 0.25) is 0 Å². The Labute approximate surface area is 308 Å². The molecule has 0 unspecified atom stereocenters. The Morgan fingerprint density at radius 3 is 2.10 bits per heavy atom. The van der Waals surface area contributed by atoms with Crippen molar-refractivity contribution in [1.82, 2.24) is 10.6 Å². The van der Waals surface area contributed by atoms with E-state index in [1.807, 2.05) is 49.6 Å². The molecule has 3 amide bonds. The van der Waals surface area contributed by atoms with Crippen molar-refractivity contribution >= 4 is 63.7 Å². The number of anilines is 2. The summed E-state index contributed by atoms with van der Waals surface area (Å²) in [5.41, 5.74) is 0.571. The lowest BCUT2D eigenvalue weighted by atomic mass is 9.77. The molecule has 0 saturated heterocycles. The number of thiol groups is 1. The maximum Gasteiger partial charge on any atom is 0.326 e. The average Bonchev–Trinajstić information content (AvgIpc) is 3.22. The second-order valence-electron chi connectivity index (χ2n) is 12.6. The van der Waals surface area contributed by atoms with Gasteiger partial charge in [-0.3, -0.25) is 24.1 Å². The van der Waals surface area contributed by atoms with E-state index in [1.165, 1.54) is 11.8 Å². The number of carboxylic acids is 1. The topological polar surface area (TPSA) is 142 Å². The molecule has 1 radical (unpaired) electrons. The molecule has 3 aromatic rings. The number of amides is 3. The Kier molecular flexibility index (Phi) is 14.6. The van der Waals surface area contributed by atoms with Crippen molar-refractivity contribution in [3.05, 3.63) is 78.4 Å². The molecule has 3 aromatic carbocycles. The molecule has 1 aliphatic rings. The summed E-state index contributed by atoms with van der Waals surface area (Å²) in [6, 6.07) is 19.2. The van der Waals surface area contributed by atoms with Gasteiger partial charge in [0.05, 0.1) is 10.6 Å². The molecule has 0 saturated carbocycles. The molecular weight excluding hydrogens is 687 g/mol. The number of benzene rings is 3. The number of carbonyl (C=O) groups excluding carboxylic acids is 4. The van der Waals surface area contributed by atoms with E-state index in [2.05, 4.69) is 24.5 Å². The number of nitrogens with zero attached hydrogens (tertiary/aromatic N) is 1. The largest absolute Gasteiger partial charge is 0.483 e. The number of hydrogen-bond donors (Lipinski definition) is 4. The maximum atomic E-state index is 14.7. The normalized spacial score (nSPS) is 14.9. The van der Waals surface area contributed by atoms with E-state index >= 15 is 0 Å². The minimum Gasteiger partial charge on any atom is -0.483 e. The van der Waals surface area contributed by atoms with Gasteiger partial charge in [0.25, 0.3) is 5.91 Å². The van der Waals surface area contributed by atoms with Crippen LogP contribution in [0.5, 0.6) is 5.75 Å². The molecule has 0 fully saturated rings. The highest BCUT2D eigenvalue weighted by atomic mass is 32.2. The first-order valence-corrected chi connectivity index (χ1v) is 19.6.